The Kier molecular flexibility index (Phi) is 9.00. The van der Waals surface area contributed by atoms with E-state index in [0.717, 1.165) is 26.2 Å². The number of hydrogen-bond donors (Lipinski definition) is 0. The van der Waals surface area contributed by atoms with Crippen LogP contribution in [0.5, 0.6) is 0 Å². The standard InChI is InChI=1S/C12H25NO3/c1-5-13(12(14)16-7-3)10-11(4)8-9-15-6-2/h11H,5-10H2,1-4H3. The minimum Gasteiger partial charge on any atom is -0.450 e. The average molecular weight is 231 g/mol. The molecule has 0 aliphatic rings. The maximum atomic E-state index is 11.5. The highest BCUT2D eigenvalue weighted by Crippen LogP contribution is 2.06. The normalized spacial score (nSPS) is 12.2. The Balaban J connectivity index is 3.86. The molecule has 0 N–H and O–H groups in total. The van der Waals surface area contributed by atoms with Gasteiger partial charge in [-0.05, 0) is 33.1 Å². The minimum absolute atomic E-state index is 0.215. The summed E-state index contributed by atoms with van der Waals surface area (Å²) >= 11 is 0. The van der Waals surface area contributed by atoms with Crippen LogP contribution in [0, 0.1) is 5.92 Å². The Morgan fingerprint density at radius 2 is 1.94 bits per heavy atom. The fraction of sp³-hybridized carbons (Fsp3) is 0.917. The predicted octanol–water partition coefficient (Wildman–Crippen LogP) is 2.53. The summed E-state index contributed by atoms with van der Waals surface area (Å²) in [6.45, 7) is 11.3. The van der Waals surface area contributed by atoms with E-state index in [1.807, 2.05) is 20.8 Å². The van der Waals surface area contributed by atoms with Gasteiger partial charge in [-0.15, -0.1) is 0 Å². The summed E-state index contributed by atoms with van der Waals surface area (Å²) in [5.74, 6) is 0.441. The SMILES string of the molecule is CCOCCC(C)CN(CC)C(=O)OCC. The van der Waals surface area contributed by atoms with Crippen molar-refractivity contribution in [1.29, 1.82) is 0 Å². The second-order valence-corrected chi connectivity index (χ2v) is 3.83. The minimum atomic E-state index is -0.215. The van der Waals surface area contributed by atoms with E-state index in [1.165, 1.54) is 0 Å². The summed E-state index contributed by atoms with van der Waals surface area (Å²) in [6.07, 6.45) is 0.761. The fourth-order valence-corrected chi connectivity index (χ4v) is 1.44. The molecule has 0 aliphatic heterocycles. The van der Waals surface area contributed by atoms with Crippen LogP contribution in [0.15, 0.2) is 0 Å². The molecule has 1 unspecified atom stereocenters. The van der Waals surface area contributed by atoms with Crippen LogP contribution in [0.1, 0.15) is 34.1 Å². The zero-order chi connectivity index (χ0) is 12.4. The van der Waals surface area contributed by atoms with Crippen molar-refractivity contribution < 1.29 is 14.3 Å². The third-order valence-electron chi connectivity index (χ3n) is 2.40. The lowest BCUT2D eigenvalue weighted by Gasteiger charge is -2.23. The van der Waals surface area contributed by atoms with Gasteiger partial charge < -0.3 is 14.4 Å². The van der Waals surface area contributed by atoms with Gasteiger partial charge in [-0.1, -0.05) is 6.92 Å². The largest absolute Gasteiger partial charge is 0.450 e. The molecule has 0 aromatic carbocycles. The highest BCUT2D eigenvalue weighted by atomic mass is 16.6. The maximum absolute atomic E-state index is 11.5. The first-order chi connectivity index (χ1) is 7.65. The van der Waals surface area contributed by atoms with Crippen molar-refractivity contribution in [3.63, 3.8) is 0 Å². The number of hydrogen-bond acceptors (Lipinski definition) is 3. The van der Waals surface area contributed by atoms with Gasteiger partial charge in [0.15, 0.2) is 0 Å². The van der Waals surface area contributed by atoms with E-state index in [9.17, 15) is 4.79 Å². The number of carbonyl (C=O) groups excluding carboxylic acids is 1. The number of ether oxygens (including phenoxy) is 2. The van der Waals surface area contributed by atoms with Crippen molar-refractivity contribution in [2.75, 3.05) is 32.9 Å². The Labute approximate surface area is 98.9 Å². The number of amides is 1. The van der Waals surface area contributed by atoms with E-state index in [4.69, 9.17) is 9.47 Å². The quantitative estimate of drug-likeness (QED) is 0.602. The molecule has 0 aromatic rings. The van der Waals surface area contributed by atoms with Crippen LogP contribution < -0.4 is 0 Å². The first-order valence-electron chi connectivity index (χ1n) is 6.15. The first kappa shape index (κ1) is 15.2. The second-order valence-electron chi connectivity index (χ2n) is 3.83. The molecule has 0 spiro atoms. The third-order valence-corrected chi connectivity index (χ3v) is 2.40. The molecule has 16 heavy (non-hydrogen) atoms. The molecule has 0 heterocycles. The van der Waals surface area contributed by atoms with Gasteiger partial charge in [0.1, 0.15) is 0 Å². The molecule has 96 valence electrons. The molecule has 0 radical (unpaired) electrons. The molecule has 0 bridgehead atoms. The highest BCUT2D eigenvalue weighted by Gasteiger charge is 2.15. The van der Waals surface area contributed by atoms with Crippen LogP contribution in [0.2, 0.25) is 0 Å². The highest BCUT2D eigenvalue weighted by molar-refractivity contribution is 5.67. The van der Waals surface area contributed by atoms with Crippen molar-refractivity contribution in [2.24, 2.45) is 5.92 Å². The zero-order valence-electron chi connectivity index (χ0n) is 11.0. The lowest BCUT2D eigenvalue weighted by atomic mass is 10.1. The van der Waals surface area contributed by atoms with Gasteiger partial charge in [-0.25, -0.2) is 4.79 Å². The van der Waals surface area contributed by atoms with Crippen LogP contribution in [-0.4, -0.2) is 43.9 Å². The van der Waals surface area contributed by atoms with Crippen LogP contribution in [0.25, 0.3) is 0 Å². The topological polar surface area (TPSA) is 38.8 Å². The van der Waals surface area contributed by atoms with E-state index < -0.39 is 0 Å². The Hall–Kier alpha value is -0.770. The Morgan fingerprint density at radius 1 is 1.25 bits per heavy atom. The van der Waals surface area contributed by atoms with Crippen LogP contribution in [-0.2, 0) is 9.47 Å². The van der Waals surface area contributed by atoms with E-state index in [0.29, 0.717) is 19.1 Å². The summed E-state index contributed by atoms with van der Waals surface area (Å²) in [4.78, 5) is 13.2. The van der Waals surface area contributed by atoms with Crippen molar-refractivity contribution in [3.8, 4) is 0 Å². The molecule has 0 aliphatic carbocycles. The van der Waals surface area contributed by atoms with Gasteiger partial charge in [0.25, 0.3) is 0 Å². The van der Waals surface area contributed by atoms with Gasteiger partial charge in [0.2, 0.25) is 0 Å². The lowest BCUT2D eigenvalue weighted by Crippen LogP contribution is -2.35. The van der Waals surface area contributed by atoms with Gasteiger partial charge in [0.05, 0.1) is 6.61 Å². The van der Waals surface area contributed by atoms with Crippen molar-refractivity contribution >= 4 is 6.09 Å². The molecule has 4 heteroatoms. The summed E-state index contributed by atoms with van der Waals surface area (Å²) < 4.78 is 10.3. The molecule has 0 aromatic heterocycles. The molecule has 0 saturated carbocycles. The first-order valence-corrected chi connectivity index (χ1v) is 6.15. The zero-order valence-corrected chi connectivity index (χ0v) is 11.0. The third kappa shape index (κ3) is 6.67. The van der Waals surface area contributed by atoms with Gasteiger partial charge in [-0.3, -0.25) is 0 Å². The molecule has 0 fully saturated rings. The predicted molar refractivity (Wildman–Crippen MR) is 64.5 cm³/mol. The lowest BCUT2D eigenvalue weighted by molar-refractivity contribution is 0.0951. The van der Waals surface area contributed by atoms with E-state index in [2.05, 4.69) is 6.92 Å². The summed E-state index contributed by atoms with van der Waals surface area (Å²) in [5.41, 5.74) is 0. The van der Waals surface area contributed by atoms with Crippen molar-refractivity contribution in [2.45, 2.75) is 34.1 Å². The second kappa shape index (κ2) is 9.46. The van der Waals surface area contributed by atoms with E-state index >= 15 is 0 Å². The van der Waals surface area contributed by atoms with E-state index in [1.54, 1.807) is 4.90 Å². The Bertz CT molecular complexity index is 185. The molecular formula is C12H25NO3. The molecule has 0 rings (SSSR count). The molecule has 0 saturated heterocycles. The van der Waals surface area contributed by atoms with Gasteiger partial charge in [0, 0.05) is 26.3 Å². The van der Waals surface area contributed by atoms with Crippen molar-refractivity contribution in [3.05, 3.63) is 0 Å². The number of rotatable bonds is 8. The molecular weight excluding hydrogens is 206 g/mol. The van der Waals surface area contributed by atoms with Crippen LogP contribution >= 0.6 is 0 Å². The number of carbonyl (C=O) groups is 1. The summed E-state index contributed by atoms with van der Waals surface area (Å²) in [7, 11) is 0. The maximum Gasteiger partial charge on any atom is 0.409 e. The monoisotopic (exact) mass is 231 g/mol. The smallest absolute Gasteiger partial charge is 0.409 e. The van der Waals surface area contributed by atoms with Gasteiger partial charge in [-0.2, -0.15) is 0 Å². The summed E-state index contributed by atoms with van der Waals surface area (Å²) in [6, 6.07) is 0. The van der Waals surface area contributed by atoms with Crippen LogP contribution in [0.4, 0.5) is 4.79 Å². The fourth-order valence-electron chi connectivity index (χ4n) is 1.44. The average Bonchev–Trinajstić information content (AvgIpc) is 2.26. The van der Waals surface area contributed by atoms with Crippen molar-refractivity contribution in [1.82, 2.24) is 4.90 Å². The number of nitrogens with zero attached hydrogens (tertiary/aromatic N) is 1. The van der Waals surface area contributed by atoms with Crippen LogP contribution in [0.3, 0.4) is 0 Å². The summed E-state index contributed by atoms with van der Waals surface area (Å²) in [5, 5.41) is 0. The molecule has 4 nitrogen and oxygen atoms in total. The van der Waals surface area contributed by atoms with Gasteiger partial charge >= 0.3 is 6.09 Å². The molecule has 1 amide bonds. The molecule has 1 atom stereocenters. The van der Waals surface area contributed by atoms with E-state index in [-0.39, 0.29) is 6.09 Å². The Morgan fingerprint density at radius 3 is 2.44 bits per heavy atom.